The Bertz CT molecular complexity index is 280. The van der Waals surface area contributed by atoms with Gasteiger partial charge in [0.2, 0.25) is 0 Å². The molecule has 0 saturated carbocycles. The van der Waals surface area contributed by atoms with Gasteiger partial charge in [-0.05, 0) is 12.5 Å². The fourth-order valence-electron chi connectivity index (χ4n) is 1.11. The lowest BCUT2D eigenvalue weighted by Crippen LogP contribution is -1.81. The molecular weight excluding hydrogens is 146 g/mol. The first-order valence-electron chi connectivity index (χ1n) is 4.33. The van der Waals surface area contributed by atoms with Crippen LogP contribution in [0.15, 0.2) is 30.3 Å². The summed E-state index contributed by atoms with van der Waals surface area (Å²) in [6.45, 7) is 3.25. The summed E-state index contributed by atoms with van der Waals surface area (Å²) in [7, 11) is 0. The van der Waals surface area contributed by atoms with Gasteiger partial charge in [-0.2, -0.15) is 0 Å². The van der Waals surface area contributed by atoms with Crippen molar-refractivity contribution in [1.29, 1.82) is 0 Å². The Morgan fingerprint density at radius 1 is 1.33 bits per heavy atom. The Morgan fingerprint density at radius 2 is 2.00 bits per heavy atom. The van der Waals surface area contributed by atoms with Crippen LogP contribution in [0.1, 0.15) is 11.1 Å². The van der Waals surface area contributed by atoms with Crippen LogP contribution in [0.25, 0.3) is 6.08 Å². The molecule has 1 saturated heterocycles. The maximum Gasteiger partial charge on any atom is 0.0380 e. The molecule has 0 aliphatic carbocycles. The van der Waals surface area contributed by atoms with Crippen LogP contribution in [-0.4, -0.2) is 12.6 Å². The second-order valence-electron chi connectivity index (χ2n) is 3.28. The summed E-state index contributed by atoms with van der Waals surface area (Å²) in [6.07, 6.45) is 4.38. The van der Waals surface area contributed by atoms with Gasteiger partial charge >= 0.3 is 0 Å². The van der Waals surface area contributed by atoms with E-state index in [1.165, 1.54) is 11.1 Å². The van der Waals surface area contributed by atoms with Crippen LogP contribution in [0, 0.1) is 6.92 Å². The van der Waals surface area contributed by atoms with Gasteiger partial charge in [-0.15, -0.1) is 0 Å². The highest BCUT2D eigenvalue weighted by atomic mass is 15.1. The average Bonchev–Trinajstić information content (AvgIpc) is 2.87. The lowest BCUT2D eigenvalue weighted by Gasteiger charge is -1.93. The van der Waals surface area contributed by atoms with Gasteiger partial charge in [0.05, 0.1) is 0 Å². The lowest BCUT2D eigenvalue weighted by atomic mass is 10.1. The van der Waals surface area contributed by atoms with Crippen LogP contribution >= 0.6 is 0 Å². The van der Waals surface area contributed by atoms with Crippen molar-refractivity contribution in [2.75, 3.05) is 6.54 Å². The highest BCUT2D eigenvalue weighted by Gasteiger charge is 2.14. The Labute approximate surface area is 73.1 Å². The Balaban J connectivity index is 2.07. The summed E-state index contributed by atoms with van der Waals surface area (Å²) in [5.41, 5.74) is 2.60. The average molecular weight is 159 g/mol. The van der Waals surface area contributed by atoms with Crippen LogP contribution in [0.3, 0.4) is 0 Å². The van der Waals surface area contributed by atoms with Gasteiger partial charge in [0.15, 0.2) is 0 Å². The third-order valence-corrected chi connectivity index (χ3v) is 2.04. The molecule has 0 aromatic heterocycles. The standard InChI is InChI=1S/C11H13N/c1-9-2-4-10(5-3-9)6-7-11-8-12-11/h2-7,11-12H,8H2,1H3/b7-6+. The summed E-state index contributed by atoms with van der Waals surface area (Å²) < 4.78 is 0. The number of hydrogen-bond donors (Lipinski definition) is 1. The molecule has 1 unspecified atom stereocenters. The second kappa shape index (κ2) is 3.11. The molecule has 1 atom stereocenters. The van der Waals surface area contributed by atoms with E-state index in [-0.39, 0.29) is 0 Å². The maximum atomic E-state index is 3.23. The van der Waals surface area contributed by atoms with Crippen LogP contribution < -0.4 is 5.32 Å². The molecule has 2 rings (SSSR count). The number of aryl methyl sites for hydroxylation is 1. The van der Waals surface area contributed by atoms with E-state index in [4.69, 9.17) is 0 Å². The molecule has 1 aliphatic rings. The number of nitrogens with one attached hydrogen (secondary N) is 1. The first-order valence-corrected chi connectivity index (χ1v) is 4.33. The Hall–Kier alpha value is -1.08. The fourth-order valence-corrected chi connectivity index (χ4v) is 1.11. The SMILES string of the molecule is Cc1ccc(/C=C/C2CN2)cc1. The van der Waals surface area contributed by atoms with Gasteiger partial charge in [-0.25, -0.2) is 0 Å². The van der Waals surface area contributed by atoms with E-state index in [9.17, 15) is 0 Å². The molecule has 0 amide bonds. The summed E-state index contributed by atoms with van der Waals surface area (Å²) in [6, 6.07) is 9.20. The molecule has 1 heteroatoms. The van der Waals surface area contributed by atoms with Crippen molar-refractivity contribution < 1.29 is 0 Å². The molecule has 1 fully saturated rings. The molecule has 1 aliphatic heterocycles. The van der Waals surface area contributed by atoms with Gasteiger partial charge in [0.25, 0.3) is 0 Å². The van der Waals surface area contributed by atoms with Crippen LogP contribution in [-0.2, 0) is 0 Å². The maximum absolute atomic E-state index is 3.23. The van der Waals surface area contributed by atoms with Crippen molar-refractivity contribution in [3.63, 3.8) is 0 Å². The normalized spacial score (nSPS) is 21.6. The highest BCUT2D eigenvalue weighted by Crippen LogP contribution is 2.07. The highest BCUT2D eigenvalue weighted by molar-refractivity contribution is 5.50. The predicted molar refractivity (Wildman–Crippen MR) is 52.0 cm³/mol. The van der Waals surface area contributed by atoms with Crippen LogP contribution in [0.5, 0.6) is 0 Å². The quantitative estimate of drug-likeness (QED) is 0.655. The van der Waals surface area contributed by atoms with Crippen molar-refractivity contribution in [3.05, 3.63) is 41.5 Å². The molecule has 0 bridgehead atoms. The van der Waals surface area contributed by atoms with Gasteiger partial charge in [-0.3, -0.25) is 0 Å². The van der Waals surface area contributed by atoms with Crippen molar-refractivity contribution in [3.8, 4) is 0 Å². The third kappa shape index (κ3) is 1.95. The molecule has 1 aromatic rings. The van der Waals surface area contributed by atoms with Gasteiger partial charge < -0.3 is 5.32 Å². The molecular formula is C11H13N. The summed E-state index contributed by atoms with van der Waals surface area (Å²) >= 11 is 0. The van der Waals surface area contributed by atoms with Crippen LogP contribution in [0.4, 0.5) is 0 Å². The fraction of sp³-hybridized carbons (Fsp3) is 0.273. The zero-order valence-corrected chi connectivity index (χ0v) is 7.25. The first kappa shape index (κ1) is 7.56. The second-order valence-corrected chi connectivity index (χ2v) is 3.28. The van der Waals surface area contributed by atoms with Crippen molar-refractivity contribution in [1.82, 2.24) is 5.32 Å². The van der Waals surface area contributed by atoms with Gasteiger partial charge in [-0.1, -0.05) is 42.0 Å². The predicted octanol–water partition coefficient (Wildman–Crippen LogP) is 1.98. The van der Waals surface area contributed by atoms with E-state index >= 15 is 0 Å². The minimum atomic E-state index is 0.631. The van der Waals surface area contributed by atoms with Crippen molar-refractivity contribution >= 4 is 6.08 Å². The van der Waals surface area contributed by atoms with Gasteiger partial charge in [0, 0.05) is 12.6 Å². The minimum Gasteiger partial charge on any atom is -0.307 e. The molecule has 1 N–H and O–H groups in total. The minimum absolute atomic E-state index is 0.631. The van der Waals surface area contributed by atoms with E-state index in [0.29, 0.717) is 6.04 Å². The zero-order valence-electron chi connectivity index (χ0n) is 7.25. The van der Waals surface area contributed by atoms with E-state index in [1.54, 1.807) is 0 Å². The topological polar surface area (TPSA) is 21.9 Å². The van der Waals surface area contributed by atoms with Crippen molar-refractivity contribution in [2.24, 2.45) is 0 Å². The Kier molecular flexibility index (Phi) is 1.96. The van der Waals surface area contributed by atoms with Gasteiger partial charge in [0.1, 0.15) is 0 Å². The largest absolute Gasteiger partial charge is 0.307 e. The molecule has 0 spiro atoms. The summed E-state index contributed by atoms with van der Waals surface area (Å²) in [4.78, 5) is 0. The monoisotopic (exact) mass is 159 g/mol. The molecule has 62 valence electrons. The van der Waals surface area contributed by atoms with Crippen molar-refractivity contribution in [2.45, 2.75) is 13.0 Å². The molecule has 12 heavy (non-hydrogen) atoms. The van der Waals surface area contributed by atoms with E-state index in [2.05, 4.69) is 48.7 Å². The zero-order chi connectivity index (χ0) is 8.39. The lowest BCUT2D eigenvalue weighted by molar-refractivity contribution is 1.21. The summed E-state index contributed by atoms with van der Waals surface area (Å²) in [5, 5.41) is 3.23. The Morgan fingerprint density at radius 3 is 2.58 bits per heavy atom. The number of rotatable bonds is 2. The van der Waals surface area contributed by atoms with Crippen LogP contribution in [0.2, 0.25) is 0 Å². The van der Waals surface area contributed by atoms with E-state index in [1.807, 2.05) is 0 Å². The molecule has 0 radical (unpaired) electrons. The molecule has 1 aromatic carbocycles. The smallest absolute Gasteiger partial charge is 0.0380 e. The van der Waals surface area contributed by atoms with E-state index < -0.39 is 0 Å². The number of benzene rings is 1. The molecule has 1 heterocycles. The third-order valence-electron chi connectivity index (χ3n) is 2.04. The van der Waals surface area contributed by atoms with E-state index in [0.717, 1.165) is 6.54 Å². The first-order chi connectivity index (χ1) is 5.84. The molecule has 1 nitrogen and oxygen atoms in total. The number of hydrogen-bond acceptors (Lipinski definition) is 1. The summed E-state index contributed by atoms with van der Waals surface area (Å²) in [5.74, 6) is 0.